The third-order valence-corrected chi connectivity index (χ3v) is 4.74. The minimum Gasteiger partial charge on any atom is -0.508 e. The van der Waals surface area contributed by atoms with Gasteiger partial charge in [0.2, 0.25) is 0 Å². The molecule has 0 aromatic heterocycles. The van der Waals surface area contributed by atoms with Crippen molar-refractivity contribution in [2.45, 2.75) is 35.1 Å². The number of phenolic OH excluding ortho intramolecular Hbond substituents is 1. The van der Waals surface area contributed by atoms with E-state index in [4.69, 9.17) is 17.3 Å². The fraction of sp³-hybridized carbons (Fsp3) is 0.294. The molecule has 0 bridgehead atoms. The standard InChI is InChI=1S/C17H20ClNO2S/c1-17(19,11-20)8-7-12-5-6-15(10-16(12)18)22-14-4-2-3-13(21)9-14/h2-6,9-10,20-21H,7-8,11,19H2,1H3/t17-/m1/s1. The maximum atomic E-state index is 9.49. The van der Waals surface area contributed by atoms with Crippen LogP contribution in [0.2, 0.25) is 5.02 Å². The molecule has 0 heterocycles. The van der Waals surface area contributed by atoms with Crippen LogP contribution in [0.1, 0.15) is 18.9 Å². The molecule has 4 N–H and O–H groups in total. The first-order valence-corrected chi connectivity index (χ1v) is 8.24. The van der Waals surface area contributed by atoms with Gasteiger partial charge in [-0.3, -0.25) is 0 Å². The molecule has 0 fully saturated rings. The summed E-state index contributed by atoms with van der Waals surface area (Å²) in [7, 11) is 0. The Balaban J connectivity index is 2.06. The predicted octanol–water partition coefficient (Wildman–Crippen LogP) is 3.84. The number of phenols is 1. The maximum Gasteiger partial charge on any atom is 0.116 e. The average molecular weight is 338 g/mol. The van der Waals surface area contributed by atoms with Gasteiger partial charge >= 0.3 is 0 Å². The third-order valence-electron chi connectivity index (χ3n) is 3.40. The molecule has 118 valence electrons. The van der Waals surface area contributed by atoms with Gasteiger partial charge in [0.25, 0.3) is 0 Å². The molecule has 1 atom stereocenters. The zero-order valence-corrected chi connectivity index (χ0v) is 14.0. The van der Waals surface area contributed by atoms with Crippen molar-refractivity contribution < 1.29 is 10.2 Å². The molecule has 22 heavy (non-hydrogen) atoms. The van der Waals surface area contributed by atoms with Crippen LogP contribution in [0.25, 0.3) is 0 Å². The molecule has 0 aliphatic rings. The Kier molecular flexibility index (Phi) is 5.75. The zero-order chi connectivity index (χ0) is 16.2. The van der Waals surface area contributed by atoms with Gasteiger partial charge in [0.15, 0.2) is 0 Å². The molecule has 0 aliphatic carbocycles. The van der Waals surface area contributed by atoms with Crippen LogP contribution in [0.5, 0.6) is 5.75 Å². The Hall–Kier alpha value is -1.20. The van der Waals surface area contributed by atoms with Crippen LogP contribution in [0.15, 0.2) is 52.3 Å². The molecule has 0 unspecified atom stereocenters. The largest absolute Gasteiger partial charge is 0.508 e. The lowest BCUT2D eigenvalue weighted by atomic mass is 9.95. The van der Waals surface area contributed by atoms with E-state index in [1.807, 2.05) is 37.3 Å². The van der Waals surface area contributed by atoms with Gasteiger partial charge in [-0.1, -0.05) is 35.5 Å². The molecule has 0 aliphatic heterocycles. The topological polar surface area (TPSA) is 66.5 Å². The summed E-state index contributed by atoms with van der Waals surface area (Å²) in [5.74, 6) is 0.249. The number of hydrogen-bond donors (Lipinski definition) is 3. The molecule has 3 nitrogen and oxygen atoms in total. The lowest BCUT2D eigenvalue weighted by Crippen LogP contribution is -2.40. The highest BCUT2D eigenvalue weighted by molar-refractivity contribution is 7.99. The normalized spacial score (nSPS) is 13.8. The number of halogens is 1. The molecule has 0 spiro atoms. The van der Waals surface area contributed by atoms with Crippen molar-refractivity contribution in [2.24, 2.45) is 5.73 Å². The maximum absolute atomic E-state index is 9.49. The van der Waals surface area contributed by atoms with E-state index in [0.29, 0.717) is 11.4 Å². The number of hydrogen-bond acceptors (Lipinski definition) is 4. The van der Waals surface area contributed by atoms with E-state index in [0.717, 1.165) is 21.8 Å². The summed E-state index contributed by atoms with van der Waals surface area (Å²) in [6.45, 7) is 1.78. The van der Waals surface area contributed by atoms with Crippen LogP contribution in [-0.4, -0.2) is 22.4 Å². The van der Waals surface area contributed by atoms with Crippen molar-refractivity contribution >= 4 is 23.4 Å². The van der Waals surface area contributed by atoms with Crippen molar-refractivity contribution in [1.29, 1.82) is 0 Å². The van der Waals surface area contributed by atoms with Crippen LogP contribution in [0, 0.1) is 0 Å². The van der Waals surface area contributed by atoms with E-state index >= 15 is 0 Å². The first-order chi connectivity index (χ1) is 10.4. The highest BCUT2D eigenvalue weighted by atomic mass is 35.5. The molecular formula is C17H20ClNO2S. The highest BCUT2D eigenvalue weighted by Gasteiger charge is 2.17. The van der Waals surface area contributed by atoms with Gasteiger partial charge < -0.3 is 15.9 Å². The summed E-state index contributed by atoms with van der Waals surface area (Å²) in [6.07, 6.45) is 1.39. The number of aliphatic hydroxyl groups excluding tert-OH is 1. The van der Waals surface area contributed by atoms with Crippen LogP contribution in [-0.2, 0) is 6.42 Å². The van der Waals surface area contributed by atoms with Crippen LogP contribution < -0.4 is 5.73 Å². The zero-order valence-electron chi connectivity index (χ0n) is 12.4. The fourth-order valence-corrected chi connectivity index (χ4v) is 3.23. The predicted molar refractivity (Wildman–Crippen MR) is 91.7 cm³/mol. The number of aliphatic hydroxyl groups is 1. The Morgan fingerprint density at radius 2 is 1.91 bits per heavy atom. The first-order valence-electron chi connectivity index (χ1n) is 7.05. The minimum absolute atomic E-state index is 0.0456. The Bertz CT molecular complexity index is 646. The molecule has 2 aromatic carbocycles. The van der Waals surface area contributed by atoms with Gasteiger partial charge in [-0.2, -0.15) is 0 Å². The molecule has 0 saturated heterocycles. The minimum atomic E-state index is -0.585. The number of nitrogens with two attached hydrogens (primary N) is 1. The molecule has 2 aromatic rings. The van der Waals surface area contributed by atoms with E-state index in [1.165, 1.54) is 0 Å². The van der Waals surface area contributed by atoms with Gasteiger partial charge in [-0.25, -0.2) is 0 Å². The Morgan fingerprint density at radius 3 is 2.55 bits per heavy atom. The van der Waals surface area contributed by atoms with E-state index in [-0.39, 0.29) is 12.4 Å². The summed E-state index contributed by atoms with van der Waals surface area (Å²) in [5, 5.41) is 19.4. The first kappa shape index (κ1) is 17.2. The monoisotopic (exact) mass is 337 g/mol. The third kappa shape index (κ3) is 4.92. The highest BCUT2D eigenvalue weighted by Crippen LogP contribution is 2.32. The van der Waals surface area contributed by atoms with Crippen molar-refractivity contribution in [3.63, 3.8) is 0 Å². The van der Waals surface area contributed by atoms with E-state index in [1.54, 1.807) is 23.9 Å². The van der Waals surface area contributed by atoms with E-state index in [9.17, 15) is 10.2 Å². The summed E-state index contributed by atoms with van der Waals surface area (Å²) >= 11 is 7.88. The average Bonchev–Trinajstić information content (AvgIpc) is 2.46. The lowest BCUT2D eigenvalue weighted by Gasteiger charge is -2.21. The van der Waals surface area contributed by atoms with Crippen molar-refractivity contribution in [1.82, 2.24) is 0 Å². The van der Waals surface area contributed by atoms with Crippen LogP contribution >= 0.6 is 23.4 Å². The van der Waals surface area contributed by atoms with Crippen LogP contribution in [0.4, 0.5) is 0 Å². The molecular weight excluding hydrogens is 318 g/mol. The number of aromatic hydroxyl groups is 1. The van der Waals surface area contributed by atoms with Crippen molar-refractivity contribution in [2.75, 3.05) is 6.61 Å². The van der Waals surface area contributed by atoms with E-state index in [2.05, 4.69) is 0 Å². The number of benzene rings is 2. The summed E-state index contributed by atoms with van der Waals surface area (Å²) in [6, 6.07) is 13.0. The van der Waals surface area contributed by atoms with Crippen molar-refractivity contribution in [3.05, 3.63) is 53.1 Å². The smallest absolute Gasteiger partial charge is 0.116 e. The van der Waals surface area contributed by atoms with Crippen LogP contribution in [0.3, 0.4) is 0 Å². The van der Waals surface area contributed by atoms with Crippen molar-refractivity contribution in [3.8, 4) is 5.75 Å². The fourth-order valence-electron chi connectivity index (χ4n) is 1.98. The molecule has 0 amide bonds. The second-order valence-electron chi connectivity index (χ2n) is 5.66. The molecule has 5 heteroatoms. The Labute approximate surface area is 140 Å². The van der Waals surface area contributed by atoms with Gasteiger partial charge in [0.1, 0.15) is 5.75 Å². The molecule has 0 saturated carbocycles. The summed E-state index contributed by atoms with van der Waals surface area (Å²) in [4.78, 5) is 1.97. The lowest BCUT2D eigenvalue weighted by molar-refractivity contribution is 0.200. The molecule has 0 radical (unpaired) electrons. The summed E-state index contributed by atoms with van der Waals surface area (Å²) < 4.78 is 0. The van der Waals surface area contributed by atoms with Gasteiger partial charge in [0.05, 0.1) is 6.61 Å². The second-order valence-corrected chi connectivity index (χ2v) is 7.22. The second kappa shape index (κ2) is 7.38. The number of aryl methyl sites for hydroxylation is 1. The molecule has 2 rings (SSSR count). The summed E-state index contributed by atoms with van der Waals surface area (Å²) in [5.41, 5.74) is 6.37. The number of rotatable bonds is 6. The SMILES string of the molecule is C[C@](N)(CO)CCc1ccc(Sc2cccc(O)c2)cc1Cl. The van der Waals surface area contributed by atoms with Gasteiger partial charge in [0, 0.05) is 20.4 Å². The quantitative estimate of drug-likeness (QED) is 0.749. The Morgan fingerprint density at radius 1 is 1.18 bits per heavy atom. The van der Waals surface area contributed by atoms with Gasteiger partial charge in [-0.15, -0.1) is 0 Å². The van der Waals surface area contributed by atoms with Gasteiger partial charge in [-0.05, 0) is 55.7 Å². The van der Waals surface area contributed by atoms with E-state index < -0.39 is 5.54 Å².